The van der Waals surface area contributed by atoms with Gasteiger partial charge in [0.2, 0.25) is 11.7 Å². The van der Waals surface area contributed by atoms with Crippen LogP contribution in [0.4, 0.5) is 5.13 Å². The van der Waals surface area contributed by atoms with Crippen molar-refractivity contribution in [2.45, 2.75) is 13.5 Å². The van der Waals surface area contributed by atoms with Crippen LogP contribution in [0.1, 0.15) is 11.5 Å². The summed E-state index contributed by atoms with van der Waals surface area (Å²) in [6.07, 6.45) is 1.86. The van der Waals surface area contributed by atoms with Gasteiger partial charge in [-0.15, -0.1) is 11.3 Å². The second-order valence-corrected chi connectivity index (χ2v) is 6.78. The van der Waals surface area contributed by atoms with Gasteiger partial charge in [0.05, 0.1) is 6.54 Å². The lowest BCUT2D eigenvalue weighted by Gasteiger charge is -2.33. The molecule has 1 saturated heterocycles. The minimum Gasteiger partial charge on any atom is -0.346 e. The first kappa shape index (κ1) is 15.3. The summed E-state index contributed by atoms with van der Waals surface area (Å²) in [4.78, 5) is 13.6. The molecule has 0 N–H and O–H groups in total. The lowest BCUT2D eigenvalue weighted by atomic mass is 10.1. The van der Waals surface area contributed by atoms with Crippen LogP contribution in [0.25, 0.3) is 11.4 Å². The van der Waals surface area contributed by atoms with Crippen LogP contribution in [-0.4, -0.2) is 46.2 Å². The third kappa shape index (κ3) is 3.18. The van der Waals surface area contributed by atoms with Crippen LogP contribution in [0.5, 0.6) is 0 Å². The van der Waals surface area contributed by atoms with Gasteiger partial charge in [-0.25, -0.2) is 4.98 Å². The Kier molecular flexibility index (Phi) is 4.27. The third-order valence-electron chi connectivity index (χ3n) is 4.28. The summed E-state index contributed by atoms with van der Waals surface area (Å²) >= 11 is 1.69. The zero-order chi connectivity index (χ0) is 16.4. The van der Waals surface area contributed by atoms with Crippen LogP contribution in [0, 0.1) is 6.92 Å². The van der Waals surface area contributed by atoms with Crippen LogP contribution in [-0.2, 0) is 6.54 Å². The summed E-state index contributed by atoms with van der Waals surface area (Å²) in [7, 11) is 0. The molecule has 3 aromatic rings. The maximum Gasteiger partial charge on any atom is 0.241 e. The molecule has 1 aliphatic heterocycles. The van der Waals surface area contributed by atoms with E-state index in [4.69, 9.17) is 4.52 Å². The smallest absolute Gasteiger partial charge is 0.241 e. The van der Waals surface area contributed by atoms with Gasteiger partial charge in [0.15, 0.2) is 5.13 Å². The Bertz CT molecular complexity index is 793. The van der Waals surface area contributed by atoms with E-state index in [0.29, 0.717) is 18.3 Å². The van der Waals surface area contributed by atoms with Crippen molar-refractivity contribution < 1.29 is 4.52 Å². The largest absolute Gasteiger partial charge is 0.346 e. The van der Waals surface area contributed by atoms with E-state index in [2.05, 4.69) is 37.9 Å². The Balaban J connectivity index is 1.38. The second-order valence-electron chi connectivity index (χ2n) is 5.90. The minimum atomic E-state index is 0.671. The molecular formula is C17H19N5OS. The van der Waals surface area contributed by atoms with Gasteiger partial charge in [-0.2, -0.15) is 4.98 Å². The number of aromatic nitrogens is 3. The first-order valence-corrected chi connectivity index (χ1v) is 8.93. The van der Waals surface area contributed by atoms with Crippen molar-refractivity contribution >= 4 is 16.5 Å². The van der Waals surface area contributed by atoms with E-state index in [1.54, 1.807) is 11.3 Å². The van der Waals surface area contributed by atoms with Gasteiger partial charge >= 0.3 is 0 Å². The molecule has 2 aromatic heterocycles. The summed E-state index contributed by atoms with van der Waals surface area (Å²) in [5.74, 6) is 1.35. The molecule has 0 unspecified atom stereocenters. The van der Waals surface area contributed by atoms with Crippen molar-refractivity contribution in [2.24, 2.45) is 0 Å². The normalized spacial score (nSPS) is 15.8. The molecule has 24 heavy (non-hydrogen) atoms. The predicted molar refractivity (Wildman–Crippen MR) is 94.1 cm³/mol. The minimum absolute atomic E-state index is 0.671. The molecule has 1 aromatic carbocycles. The number of aryl methyl sites for hydroxylation is 1. The molecule has 124 valence electrons. The van der Waals surface area contributed by atoms with Crippen molar-refractivity contribution in [3.05, 3.63) is 47.3 Å². The molecule has 7 heteroatoms. The topological polar surface area (TPSA) is 58.3 Å². The van der Waals surface area contributed by atoms with Gasteiger partial charge in [-0.3, -0.25) is 4.90 Å². The summed E-state index contributed by atoms with van der Waals surface area (Å²) < 4.78 is 5.45. The number of rotatable bonds is 4. The Morgan fingerprint density at radius 2 is 2.00 bits per heavy atom. The first-order valence-electron chi connectivity index (χ1n) is 8.05. The second kappa shape index (κ2) is 6.70. The van der Waals surface area contributed by atoms with Crippen LogP contribution in [0.15, 0.2) is 40.4 Å². The van der Waals surface area contributed by atoms with Gasteiger partial charge in [-0.1, -0.05) is 29.4 Å². The fourth-order valence-corrected chi connectivity index (χ4v) is 3.61. The molecule has 1 fully saturated rings. The van der Waals surface area contributed by atoms with Gasteiger partial charge in [0, 0.05) is 43.3 Å². The predicted octanol–water partition coefficient (Wildman–Crippen LogP) is 2.82. The highest BCUT2D eigenvalue weighted by atomic mass is 32.1. The molecule has 0 radical (unpaired) electrons. The van der Waals surface area contributed by atoms with E-state index in [-0.39, 0.29) is 0 Å². The van der Waals surface area contributed by atoms with E-state index >= 15 is 0 Å². The van der Waals surface area contributed by atoms with Crippen molar-refractivity contribution in [1.29, 1.82) is 0 Å². The van der Waals surface area contributed by atoms with Gasteiger partial charge in [0.1, 0.15) is 0 Å². The number of benzene rings is 1. The van der Waals surface area contributed by atoms with Gasteiger partial charge in [-0.05, 0) is 12.5 Å². The molecule has 0 bridgehead atoms. The number of hydrogen-bond acceptors (Lipinski definition) is 7. The summed E-state index contributed by atoms with van der Waals surface area (Å²) in [6, 6.07) is 8.10. The molecule has 4 rings (SSSR count). The first-order chi connectivity index (χ1) is 11.8. The van der Waals surface area contributed by atoms with E-state index < -0.39 is 0 Å². The lowest BCUT2D eigenvalue weighted by molar-refractivity contribution is 0.215. The summed E-state index contributed by atoms with van der Waals surface area (Å²) in [6.45, 7) is 6.66. The maximum absolute atomic E-state index is 5.45. The molecule has 3 heterocycles. The molecule has 0 saturated carbocycles. The zero-order valence-electron chi connectivity index (χ0n) is 13.6. The molecule has 0 atom stereocenters. The van der Waals surface area contributed by atoms with E-state index in [1.807, 2.05) is 29.8 Å². The number of hydrogen-bond donors (Lipinski definition) is 0. The zero-order valence-corrected chi connectivity index (χ0v) is 14.4. The monoisotopic (exact) mass is 341 g/mol. The molecular weight excluding hydrogens is 322 g/mol. The van der Waals surface area contributed by atoms with Crippen molar-refractivity contribution in [3.63, 3.8) is 0 Å². The molecule has 0 amide bonds. The maximum atomic E-state index is 5.45. The highest BCUT2D eigenvalue weighted by Crippen LogP contribution is 2.22. The molecule has 6 nitrogen and oxygen atoms in total. The highest BCUT2D eigenvalue weighted by molar-refractivity contribution is 7.13. The Morgan fingerprint density at radius 1 is 1.17 bits per heavy atom. The number of piperazine rings is 1. The van der Waals surface area contributed by atoms with Crippen molar-refractivity contribution in [3.8, 4) is 11.4 Å². The summed E-state index contributed by atoms with van der Waals surface area (Å²) in [5.41, 5.74) is 2.18. The standard InChI is InChI=1S/C17H19N5OS/c1-13-4-2-3-5-14(13)16-19-15(23-20-16)12-21-7-9-22(10-8-21)17-18-6-11-24-17/h2-6,11H,7-10,12H2,1H3. The quantitative estimate of drug-likeness (QED) is 0.727. The Morgan fingerprint density at radius 3 is 2.75 bits per heavy atom. The van der Waals surface area contributed by atoms with E-state index in [1.165, 1.54) is 0 Å². The molecule has 1 aliphatic rings. The molecule has 0 spiro atoms. The van der Waals surface area contributed by atoms with Crippen LogP contribution in [0.2, 0.25) is 0 Å². The lowest BCUT2D eigenvalue weighted by Crippen LogP contribution is -2.46. The average molecular weight is 341 g/mol. The molecule has 0 aliphatic carbocycles. The average Bonchev–Trinajstić information content (AvgIpc) is 3.28. The number of anilines is 1. The van der Waals surface area contributed by atoms with Crippen LogP contribution >= 0.6 is 11.3 Å². The highest BCUT2D eigenvalue weighted by Gasteiger charge is 2.21. The van der Waals surface area contributed by atoms with Crippen LogP contribution in [0.3, 0.4) is 0 Å². The van der Waals surface area contributed by atoms with E-state index in [0.717, 1.165) is 42.4 Å². The SMILES string of the molecule is Cc1ccccc1-c1noc(CN2CCN(c3nccs3)CC2)n1. The fraction of sp³-hybridized carbons (Fsp3) is 0.353. The summed E-state index contributed by atoms with van der Waals surface area (Å²) in [5, 5.41) is 7.26. The number of nitrogens with zero attached hydrogens (tertiary/aromatic N) is 5. The Labute approximate surface area is 144 Å². The fourth-order valence-electron chi connectivity index (χ4n) is 2.91. The Hall–Kier alpha value is -2.25. The van der Waals surface area contributed by atoms with Crippen LogP contribution < -0.4 is 4.90 Å². The van der Waals surface area contributed by atoms with Gasteiger partial charge < -0.3 is 9.42 Å². The van der Waals surface area contributed by atoms with Crippen molar-refractivity contribution in [1.82, 2.24) is 20.0 Å². The van der Waals surface area contributed by atoms with Gasteiger partial charge in [0.25, 0.3) is 0 Å². The number of thiazole rings is 1. The third-order valence-corrected chi connectivity index (χ3v) is 5.11. The van der Waals surface area contributed by atoms with E-state index in [9.17, 15) is 0 Å². The van der Waals surface area contributed by atoms with Crippen molar-refractivity contribution in [2.75, 3.05) is 31.1 Å².